The second-order valence-corrected chi connectivity index (χ2v) is 10.3. The van der Waals surface area contributed by atoms with Gasteiger partial charge >= 0.3 is 5.97 Å². The Hall–Kier alpha value is -2.45. The number of halogens is 1. The van der Waals surface area contributed by atoms with E-state index in [2.05, 4.69) is 20.3 Å². The lowest BCUT2D eigenvalue weighted by molar-refractivity contribution is -0.155. The molecule has 0 amide bonds. The molecule has 0 N–H and O–H groups in total. The van der Waals surface area contributed by atoms with Crippen LogP contribution in [0.3, 0.4) is 0 Å². The minimum Gasteiger partial charge on any atom is -0.459 e. The van der Waals surface area contributed by atoms with Gasteiger partial charge < -0.3 is 9.30 Å². The van der Waals surface area contributed by atoms with Crippen LogP contribution >= 0.6 is 15.9 Å². The predicted octanol–water partition coefficient (Wildman–Crippen LogP) is 4.29. The van der Waals surface area contributed by atoms with Gasteiger partial charge in [-0.15, -0.1) is 0 Å². The van der Waals surface area contributed by atoms with Crippen molar-refractivity contribution in [2.24, 2.45) is 4.40 Å². The Kier molecular flexibility index (Phi) is 4.66. The van der Waals surface area contributed by atoms with Crippen LogP contribution in [-0.4, -0.2) is 30.3 Å². The molecule has 0 fully saturated rings. The van der Waals surface area contributed by atoms with Crippen LogP contribution in [0.25, 0.3) is 10.9 Å². The molecule has 0 bridgehead atoms. The summed E-state index contributed by atoms with van der Waals surface area (Å²) in [7, 11) is -3.74. The molecule has 2 aromatic carbocycles. The number of carbonyl (C=O) groups excluding carboxylic acids is 1. The minimum absolute atomic E-state index is 0.0110. The van der Waals surface area contributed by atoms with Crippen molar-refractivity contribution in [2.75, 3.05) is 0 Å². The second-order valence-electron chi connectivity index (χ2n) is 7.83. The maximum absolute atomic E-state index is 12.5. The molecule has 1 aliphatic rings. The highest BCUT2D eigenvalue weighted by Gasteiger charge is 2.31. The third-order valence-corrected chi connectivity index (χ3v) is 6.28. The molecule has 6 nitrogen and oxygen atoms in total. The van der Waals surface area contributed by atoms with E-state index in [4.69, 9.17) is 4.74 Å². The number of hydrogen-bond acceptors (Lipinski definition) is 4. The van der Waals surface area contributed by atoms with Crippen LogP contribution in [0.2, 0.25) is 0 Å². The number of carbonyl (C=O) groups is 1. The summed E-state index contributed by atoms with van der Waals surface area (Å²) in [5.41, 5.74) is 1.79. The largest absolute Gasteiger partial charge is 0.459 e. The van der Waals surface area contributed by atoms with Crippen LogP contribution in [0, 0.1) is 0 Å². The highest BCUT2D eigenvalue weighted by Crippen LogP contribution is 2.34. The van der Waals surface area contributed by atoms with Crippen molar-refractivity contribution >= 4 is 48.5 Å². The lowest BCUT2D eigenvalue weighted by Gasteiger charge is -2.19. The first kappa shape index (κ1) is 19.8. The van der Waals surface area contributed by atoms with E-state index < -0.39 is 15.6 Å². The van der Waals surface area contributed by atoms with Gasteiger partial charge in [0.1, 0.15) is 12.1 Å². The van der Waals surface area contributed by atoms with Crippen molar-refractivity contribution < 1.29 is 17.9 Å². The van der Waals surface area contributed by atoms with E-state index in [-0.39, 0.29) is 17.4 Å². The average molecular weight is 475 g/mol. The monoisotopic (exact) mass is 474 g/mol. The first-order chi connectivity index (χ1) is 13.5. The minimum atomic E-state index is -3.74. The Bertz CT molecular complexity index is 1280. The zero-order chi connectivity index (χ0) is 21.0. The van der Waals surface area contributed by atoms with E-state index >= 15 is 0 Å². The quantitative estimate of drug-likeness (QED) is 0.530. The van der Waals surface area contributed by atoms with E-state index in [1.165, 1.54) is 0 Å². The van der Waals surface area contributed by atoms with E-state index in [1.807, 2.05) is 39.0 Å². The fraction of sp³-hybridized carbons (Fsp3) is 0.238. The first-order valence-corrected chi connectivity index (χ1v) is 11.2. The lowest BCUT2D eigenvalue weighted by Crippen LogP contribution is -2.26. The number of fused-ring (bicyclic) bond motifs is 2. The van der Waals surface area contributed by atoms with Gasteiger partial charge in [0.25, 0.3) is 10.0 Å². The summed E-state index contributed by atoms with van der Waals surface area (Å²) >= 11 is 3.47. The predicted molar refractivity (Wildman–Crippen MR) is 115 cm³/mol. The summed E-state index contributed by atoms with van der Waals surface area (Å²) in [5, 5.41) is 0.800. The molecule has 8 heteroatoms. The molecule has 3 aromatic rings. The van der Waals surface area contributed by atoms with E-state index in [9.17, 15) is 13.2 Å². The Balaban J connectivity index is 1.87. The van der Waals surface area contributed by atoms with Gasteiger partial charge in [-0.3, -0.25) is 4.79 Å². The molecule has 1 aliphatic heterocycles. The maximum atomic E-state index is 12.5. The number of rotatable bonds is 3. The van der Waals surface area contributed by atoms with Crippen LogP contribution in [-0.2, 0) is 26.1 Å². The fourth-order valence-corrected chi connectivity index (χ4v) is 4.99. The van der Waals surface area contributed by atoms with Crippen LogP contribution in [0.5, 0.6) is 0 Å². The molecule has 0 atom stereocenters. The molecule has 29 heavy (non-hydrogen) atoms. The van der Waals surface area contributed by atoms with Crippen molar-refractivity contribution in [1.82, 2.24) is 4.57 Å². The van der Waals surface area contributed by atoms with Gasteiger partial charge in [-0.1, -0.05) is 34.1 Å². The average Bonchev–Trinajstić information content (AvgIpc) is 3.08. The van der Waals surface area contributed by atoms with Crippen LogP contribution in [0.1, 0.15) is 31.9 Å². The number of benzene rings is 2. The molecule has 0 saturated carbocycles. The van der Waals surface area contributed by atoms with Gasteiger partial charge in [0, 0.05) is 32.7 Å². The smallest absolute Gasteiger partial charge is 0.326 e. The van der Waals surface area contributed by atoms with Gasteiger partial charge in [-0.25, -0.2) is 0 Å². The highest BCUT2D eigenvalue weighted by atomic mass is 79.9. The van der Waals surface area contributed by atoms with Crippen molar-refractivity contribution in [3.05, 3.63) is 64.3 Å². The topological polar surface area (TPSA) is 77.7 Å². The van der Waals surface area contributed by atoms with Crippen molar-refractivity contribution in [3.63, 3.8) is 0 Å². The van der Waals surface area contributed by atoms with E-state index in [1.54, 1.807) is 35.0 Å². The molecule has 2 heterocycles. The number of nitrogens with zero attached hydrogens (tertiary/aromatic N) is 2. The standard InChI is InChI=1S/C21H19BrN2O4S/c1-21(2,3)28-19(25)12-24-11-16(15-10-13(22)8-9-17(15)24)20-14-6-4-5-7-18(14)29(26,27)23-20/h4-11H,12H2,1-3H3. The third kappa shape index (κ3) is 3.74. The second kappa shape index (κ2) is 6.81. The number of ether oxygens (including phenoxy) is 1. The molecule has 0 spiro atoms. The molecule has 0 aliphatic carbocycles. The molecule has 4 rings (SSSR count). The van der Waals surface area contributed by atoms with E-state index in [0.29, 0.717) is 16.8 Å². The van der Waals surface area contributed by atoms with Crippen LogP contribution in [0.4, 0.5) is 0 Å². The number of aromatic nitrogens is 1. The van der Waals surface area contributed by atoms with E-state index in [0.717, 1.165) is 15.4 Å². The van der Waals surface area contributed by atoms with Gasteiger partial charge in [-0.05, 0) is 45.0 Å². The van der Waals surface area contributed by atoms with Gasteiger partial charge in [0.15, 0.2) is 0 Å². The molecule has 0 unspecified atom stereocenters. The summed E-state index contributed by atoms with van der Waals surface area (Å²) in [6.45, 7) is 5.46. The number of hydrogen-bond donors (Lipinski definition) is 0. The summed E-state index contributed by atoms with van der Waals surface area (Å²) in [5.74, 6) is -0.370. The zero-order valence-corrected chi connectivity index (χ0v) is 18.5. The van der Waals surface area contributed by atoms with Crippen molar-refractivity contribution in [3.8, 4) is 0 Å². The molecule has 0 saturated heterocycles. The Labute approximate surface area is 177 Å². The van der Waals surface area contributed by atoms with Gasteiger partial charge in [-0.2, -0.15) is 12.8 Å². The zero-order valence-electron chi connectivity index (χ0n) is 16.1. The molecule has 0 radical (unpaired) electrons. The molecule has 1 aromatic heterocycles. The molecule has 150 valence electrons. The van der Waals surface area contributed by atoms with Gasteiger partial charge in [0.2, 0.25) is 0 Å². The molecular formula is C21H19BrN2O4S. The third-order valence-electron chi connectivity index (χ3n) is 4.45. The highest BCUT2D eigenvalue weighted by molar-refractivity contribution is 9.10. The normalized spacial score (nSPS) is 15.2. The Morgan fingerprint density at radius 3 is 2.59 bits per heavy atom. The summed E-state index contributed by atoms with van der Waals surface area (Å²) in [4.78, 5) is 12.6. The van der Waals surface area contributed by atoms with Crippen molar-refractivity contribution in [2.45, 2.75) is 37.8 Å². The molecular weight excluding hydrogens is 456 g/mol. The van der Waals surface area contributed by atoms with Crippen LogP contribution < -0.4 is 0 Å². The lowest BCUT2D eigenvalue weighted by atomic mass is 10.0. The first-order valence-electron chi connectivity index (χ1n) is 9.00. The SMILES string of the molecule is CC(C)(C)OC(=O)Cn1cc(C2=NS(=O)(=O)c3ccccc32)c2cc(Br)ccc21. The Morgan fingerprint density at radius 2 is 1.86 bits per heavy atom. The van der Waals surface area contributed by atoms with Crippen LogP contribution in [0.15, 0.2) is 62.4 Å². The summed E-state index contributed by atoms with van der Waals surface area (Å²) in [6.07, 6.45) is 1.76. The Morgan fingerprint density at radius 1 is 1.14 bits per heavy atom. The summed E-state index contributed by atoms with van der Waals surface area (Å²) in [6, 6.07) is 12.4. The fourth-order valence-electron chi connectivity index (χ4n) is 3.40. The number of esters is 1. The van der Waals surface area contributed by atoms with Gasteiger partial charge in [0.05, 0.1) is 10.6 Å². The number of sulfonamides is 1. The summed E-state index contributed by atoms with van der Waals surface area (Å²) < 4.78 is 37.1. The maximum Gasteiger partial charge on any atom is 0.326 e. The van der Waals surface area contributed by atoms with Crippen molar-refractivity contribution in [1.29, 1.82) is 0 Å².